The summed E-state index contributed by atoms with van der Waals surface area (Å²) >= 11 is 0. The van der Waals surface area contributed by atoms with Gasteiger partial charge in [-0.25, -0.2) is 4.79 Å². The van der Waals surface area contributed by atoms with Crippen molar-refractivity contribution >= 4 is 5.97 Å². The molecule has 0 amide bonds. The summed E-state index contributed by atoms with van der Waals surface area (Å²) in [6.45, 7) is 6.06. The van der Waals surface area contributed by atoms with Crippen molar-refractivity contribution in [3.63, 3.8) is 0 Å². The van der Waals surface area contributed by atoms with Gasteiger partial charge in [-0.2, -0.15) is 0 Å². The van der Waals surface area contributed by atoms with E-state index < -0.39 is 0 Å². The van der Waals surface area contributed by atoms with Gasteiger partial charge in [0.25, 0.3) is 0 Å². The number of carbonyl (C=O) groups excluding carboxylic acids is 1. The molecule has 0 aromatic rings. The van der Waals surface area contributed by atoms with E-state index in [-0.39, 0.29) is 18.0 Å². The molecule has 3 nitrogen and oxygen atoms in total. The van der Waals surface area contributed by atoms with Gasteiger partial charge in [0.2, 0.25) is 0 Å². The highest BCUT2D eigenvalue weighted by molar-refractivity contribution is 5.81. The summed E-state index contributed by atoms with van der Waals surface area (Å²) in [6, 6.07) is 0. The van der Waals surface area contributed by atoms with Crippen molar-refractivity contribution in [2.75, 3.05) is 6.61 Å². The molecule has 0 aliphatic heterocycles. The molecule has 0 saturated carbocycles. The van der Waals surface area contributed by atoms with Crippen molar-refractivity contribution in [1.29, 1.82) is 0 Å². The largest absolute Gasteiger partial charge is 0.463 e. The molecule has 0 radical (unpaired) electrons. The first-order valence-electron chi connectivity index (χ1n) is 5.18. The summed E-state index contributed by atoms with van der Waals surface area (Å²) in [6.07, 6.45) is 4.28. The van der Waals surface area contributed by atoms with Gasteiger partial charge in [0.05, 0.1) is 12.7 Å². The molecular weight excluding hydrogens is 180 g/mol. The number of carbonyl (C=O) groups is 1. The van der Waals surface area contributed by atoms with Crippen molar-refractivity contribution in [2.24, 2.45) is 5.92 Å². The lowest BCUT2D eigenvalue weighted by molar-refractivity contribution is -0.137. The molecule has 0 heterocycles. The minimum absolute atomic E-state index is 0.0457. The average molecular weight is 200 g/mol. The number of rotatable bonds is 6. The van der Waals surface area contributed by atoms with Crippen LogP contribution in [0.5, 0.6) is 0 Å². The highest BCUT2D eigenvalue weighted by Gasteiger charge is 2.12. The molecule has 3 heteroatoms. The molecule has 2 atom stereocenters. The summed E-state index contributed by atoms with van der Waals surface area (Å²) < 4.78 is 4.74. The summed E-state index contributed by atoms with van der Waals surface area (Å²) in [5.74, 6) is -0.293. The molecular formula is C11H20O3. The van der Waals surface area contributed by atoms with Gasteiger partial charge in [-0.05, 0) is 19.8 Å². The quantitative estimate of drug-likeness (QED) is 0.526. The minimum atomic E-state index is -0.370. The van der Waals surface area contributed by atoms with Crippen molar-refractivity contribution in [1.82, 2.24) is 0 Å². The smallest absolute Gasteiger partial charge is 0.330 e. The number of hydrogen-bond donors (Lipinski definition) is 1. The van der Waals surface area contributed by atoms with Crippen LogP contribution in [0.3, 0.4) is 0 Å². The summed E-state index contributed by atoms with van der Waals surface area (Å²) in [5.41, 5.74) is 0. The molecule has 82 valence electrons. The Morgan fingerprint density at radius 1 is 1.36 bits per heavy atom. The zero-order valence-corrected chi connectivity index (χ0v) is 9.19. The van der Waals surface area contributed by atoms with E-state index in [1.54, 1.807) is 13.0 Å². The fraction of sp³-hybridized carbons (Fsp3) is 0.727. The van der Waals surface area contributed by atoms with Gasteiger partial charge in [0, 0.05) is 12.0 Å². The Kier molecular flexibility index (Phi) is 7.11. The molecule has 0 aromatic heterocycles. The lowest BCUT2D eigenvalue weighted by Crippen LogP contribution is -2.17. The van der Waals surface area contributed by atoms with Crippen LogP contribution in [0.1, 0.15) is 33.6 Å². The van der Waals surface area contributed by atoms with E-state index in [9.17, 15) is 9.90 Å². The molecule has 0 aliphatic carbocycles. The molecule has 14 heavy (non-hydrogen) atoms. The number of aliphatic hydroxyl groups is 1. The second kappa shape index (κ2) is 7.56. The lowest BCUT2D eigenvalue weighted by Gasteiger charge is -2.15. The lowest BCUT2D eigenvalue weighted by atomic mass is 9.97. The van der Waals surface area contributed by atoms with E-state index in [1.807, 2.05) is 13.8 Å². The highest BCUT2D eigenvalue weighted by atomic mass is 16.5. The van der Waals surface area contributed by atoms with Crippen LogP contribution in [0.2, 0.25) is 0 Å². The molecule has 0 saturated heterocycles. The molecule has 0 aromatic carbocycles. The van der Waals surface area contributed by atoms with Gasteiger partial charge >= 0.3 is 5.97 Å². The van der Waals surface area contributed by atoms with E-state index in [0.29, 0.717) is 13.0 Å². The van der Waals surface area contributed by atoms with E-state index in [4.69, 9.17) is 4.74 Å². The van der Waals surface area contributed by atoms with Crippen molar-refractivity contribution < 1.29 is 14.6 Å². The Bertz CT molecular complexity index is 187. The molecule has 0 aliphatic rings. The number of ether oxygens (including phenoxy) is 1. The van der Waals surface area contributed by atoms with Gasteiger partial charge in [-0.3, -0.25) is 0 Å². The van der Waals surface area contributed by atoms with E-state index >= 15 is 0 Å². The number of hydrogen-bond acceptors (Lipinski definition) is 3. The fourth-order valence-corrected chi connectivity index (χ4v) is 1.23. The van der Waals surface area contributed by atoms with Gasteiger partial charge in [-0.15, -0.1) is 0 Å². The third-order valence-corrected chi connectivity index (χ3v) is 2.15. The monoisotopic (exact) mass is 200 g/mol. The summed E-state index contributed by atoms with van der Waals surface area (Å²) in [7, 11) is 0. The van der Waals surface area contributed by atoms with E-state index in [1.165, 1.54) is 6.08 Å². The third kappa shape index (κ3) is 5.02. The Morgan fingerprint density at radius 3 is 2.43 bits per heavy atom. The van der Waals surface area contributed by atoms with Crippen LogP contribution in [-0.2, 0) is 9.53 Å². The standard InChI is InChI=1S/C11H20O3/c1-4-9(10(12)5-2)7-8-11(13)14-6-3/h7-10,12H,4-6H2,1-3H3/b8-7+/t9-,10+/m1/s1. The predicted molar refractivity (Wildman–Crippen MR) is 55.9 cm³/mol. The van der Waals surface area contributed by atoms with E-state index in [2.05, 4.69) is 0 Å². The molecule has 1 N–H and O–H groups in total. The Morgan fingerprint density at radius 2 is 2.00 bits per heavy atom. The van der Waals surface area contributed by atoms with Crippen LogP contribution in [-0.4, -0.2) is 23.8 Å². The second-order valence-electron chi connectivity index (χ2n) is 3.16. The van der Waals surface area contributed by atoms with Crippen LogP contribution < -0.4 is 0 Å². The second-order valence-corrected chi connectivity index (χ2v) is 3.16. The van der Waals surface area contributed by atoms with Gasteiger partial charge in [-0.1, -0.05) is 19.9 Å². The van der Waals surface area contributed by atoms with Gasteiger partial charge in [0.1, 0.15) is 0 Å². The van der Waals surface area contributed by atoms with Crippen molar-refractivity contribution in [3.05, 3.63) is 12.2 Å². The fourth-order valence-electron chi connectivity index (χ4n) is 1.23. The average Bonchev–Trinajstić information content (AvgIpc) is 2.18. The molecule has 0 rings (SSSR count). The van der Waals surface area contributed by atoms with Crippen LogP contribution in [0.15, 0.2) is 12.2 Å². The van der Waals surface area contributed by atoms with Crippen LogP contribution in [0.4, 0.5) is 0 Å². The first-order valence-corrected chi connectivity index (χ1v) is 5.18. The van der Waals surface area contributed by atoms with Crippen LogP contribution in [0.25, 0.3) is 0 Å². The molecule has 0 unspecified atom stereocenters. The third-order valence-electron chi connectivity index (χ3n) is 2.15. The van der Waals surface area contributed by atoms with Gasteiger partial charge < -0.3 is 9.84 Å². The topological polar surface area (TPSA) is 46.5 Å². The summed E-state index contributed by atoms with van der Waals surface area (Å²) in [5, 5.41) is 9.56. The highest BCUT2D eigenvalue weighted by Crippen LogP contribution is 2.13. The SMILES string of the molecule is CCOC(=O)/C=C/[C@@H](CC)[C@@H](O)CC. The van der Waals surface area contributed by atoms with E-state index in [0.717, 1.165) is 6.42 Å². The van der Waals surface area contributed by atoms with Crippen molar-refractivity contribution in [2.45, 2.75) is 39.7 Å². The molecule has 0 bridgehead atoms. The predicted octanol–water partition coefficient (Wildman–Crippen LogP) is 1.90. The molecule has 0 fully saturated rings. The molecule has 0 spiro atoms. The Hall–Kier alpha value is -0.830. The zero-order chi connectivity index (χ0) is 11.0. The zero-order valence-electron chi connectivity index (χ0n) is 9.19. The maximum Gasteiger partial charge on any atom is 0.330 e. The maximum atomic E-state index is 11.0. The van der Waals surface area contributed by atoms with Crippen LogP contribution in [0, 0.1) is 5.92 Å². The first-order chi connectivity index (χ1) is 6.65. The Balaban J connectivity index is 4.09. The van der Waals surface area contributed by atoms with Crippen molar-refractivity contribution in [3.8, 4) is 0 Å². The first kappa shape index (κ1) is 13.2. The normalized spacial score (nSPS) is 15.4. The van der Waals surface area contributed by atoms with Gasteiger partial charge in [0.15, 0.2) is 0 Å². The number of aliphatic hydroxyl groups excluding tert-OH is 1. The maximum absolute atomic E-state index is 11.0. The number of esters is 1. The minimum Gasteiger partial charge on any atom is -0.463 e. The Labute approximate surface area is 85.8 Å². The van der Waals surface area contributed by atoms with Crippen LogP contribution >= 0.6 is 0 Å². The summed E-state index contributed by atoms with van der Waals surface area (Å²) in [4.78, 5) is 11.0.